The molecule has 1 saturated heterocycles. The molecule has 4 bridgehead atoms. The largest absolute Gasteiger partial charge is 0.489 e. The van der Waals surface area contributed by atoms with Gasteiger partial charge in [0.05, 0.1) is 0 Å². The summed E-state index contributed by atoms with van der Waals surface area (Å²) in [6.07, 6.45) is 8.68. The van der Waals surface area contributed by atoms with Crippen molar-refractivity contribution in [2.75, 3.05) is 6.54 Å². The van der Waals surface area contributed by atoms with Crippen LogP contribution in [0.1, 0.15) is 43.2 Å². The fraction of sp³-hybridized carbons (Fsp3) is 0.667. The molecule has 4 aliphatic carbocycles. The highest BCUT2D eigenvalue weighted by molar-refractivity contribution is 5.57. The van der Waals surface area contributed by atoms with Crippen molar-refractivity contribution in [2.24, 2.45) is 11.3 Å². The van der Waals surface area contributed by atoms with E-state index in [1.54, 1.807) is 11.1 Å². The van der Waals surface area contributed by atoms with Gasteiger partial charge in [-0.2, -0.15) is 0 Å². The van der Waals surface area contributed by atoms with Crippen LogP contribution in [0.3, 0.4) is 0 Å². The van der Waals surface area contributed by atoms with Gasteiger partial charge in [-0.05, 0) is 68.0 Å². The third kappa shape index (κ3) is 0.861. The van der Waals surface area contributed by atoms with Crippen LogP contribution in [-0.2, 0) is 11.8 Å². The summed E-state index contributed by atoms with van der Waals surface area (Å²) in [4.78, 5) is 0. The van der Waals surface area contributed by atoms with Crippen molar-refractivity contribution in [3.8, 4) is 5.75 Å². The van der Waals surface area contributed by atoms with E-state index in [2.05, 4.69) is 23.5 Å². The Balaban J connectivity index is 1.74. The lowest BCUT2D eigenvalue weighted by Crippen LogP contribution is -2.73. The number of ether oxygens (including phenoxy) is 1. The predicted molar refractivity (Wildman–Crippen MR) is 77.0 cm³/mol. The zero-order chi connectivity index (χ0) is 12.9. The minimum absolute atomic E-state index is 0.369. The number of hydrogen-bond acceptors (Lipinski definition) is 2. The van der Waals surface area contributed by atoms with Crippen LogP contribution in [0, 0.1) is 11.3 Å². The summed E-state index contributed by atoms with van der Waals surface area (Å²) < 4.78 is 6.58. The maximum Gasteiger partial charge on any atom is 0.123 e. The fourth-order valence-corrected chi connectivity index (χ4v) is 6.97. The Kier molecular flexibility index (Phi) is 1.65. The third-order valence-corrected chi connectivity index (χ3v) is 7.54. The molecular weight excluding hydrogens is 246 g/mol. The number of nitrogens with one attached hydrogen (secondary N) is 1. The molecule has 3 unspecified atom stereocenters. The van der Waals surface area contributed by atoms with E-state index in [1.807, 2.05) is 0 Å². The van der Waals surface area contributed by atoms with Gasteiger partial charge >= 0.3 is 0 Å². The second-order valence-electron chi connectivity index (χ2n) is 7.75. The standard InChI is InChI=1S/C18H21NO/c1-2-12-10-14-17-6-4-11(5-7-17)16-18(17,8-9-19-14)15(12)13(3-1)20-16/h1-3,11,14,16,19H,4-10H2. The van der Waals surface area contributed by atoms with Gasteiger partial charge in [0.15, 0.2) is 0 Å². The Morgan fingerprint density at radius 1 is 1.15 bits per heavy atom. The topological polar surface area (TPSA) is 21.3 Å². The molecule has 0 amide bonds. The average molecular weight is 267 g/mol. The molecule has 3 atom stereocenters. The molecule has 2 nitrogen and oxygen atoms in total. The maximum atomic E-state index is 6.58. The highest BCUT2D eigenvalue weighted by Crippen LogP contribution is 2.72. The molecule has 2 heterocycles. The van der Waals surface area contributed by atoms with E-state index in [-0.39, 0.29) is 0 Å². The number of rotatable bonds is 0. The third-order valence-electron chi connectivity index (χ3n) is 7.54. The Labute approximate surface area is 119 Å². The minimum atomic E-state index is 0.369. The monoisotopic (exact) mass is 267 g/mol. The van der Waals surface area contributed by atoms with Gasteiger partial charge in [-0.3, -0.25) is 0 Å². The molecule has 1 N–H and O–H groups in total. The van der Waals surface area contributed by atoms with Gasteiger partial charge in [0, 0.05) is 17.0 Å². The minimum Gasteiger partial charge on any atom is -0.489 e. The molecule has 0 aromatic heterocycles. The van der Waals surface area contributed by atoms with Gasteiger partial charge in [-0.1, -0.05) is 12.1 Å². The lowest BCUT2D eigenvalue weighted by molar-refractivity contribution is -0.145. The van der Waals surface area contributed by atoms with Crippen LogP contribution in [0.4, 0.5) is 0 Å². The van der Waals surface area contributed by atoms with E-state index in [0.717, 1.165) is 5.92 Å². The van der Waals surface area contributed by atoms with Crippen LogP contribution in [0.25, 0.3) is 0 Å². The first kappa shape index (κ1) is 10.7. The number of fused-ring (bicyclic) bond motifs is 2. The van der Waals surface area contributed by atoms with Gasteiger partial charge < -0.3 is 10.1 Å². The Bertz CT molecular complexity index is 616. The van der Waals surface area contributed by atoms with E-state index >= 15 is 0 Å². The van der Waals surface area contributed by atoms with Crippen LogP contribution in [0.15, 0.2) is 18.2 Å². The predicted octanol–water partition coefficient (Wildman–Crippen LogP) is 2.79. The molecule has 20 heavy (non-hydrogen) atoms. The van der Waals surface area contributed by atoms with Crippen LogP contribution < -0.4 is 10.1 Å². The van der Waals surface area contributed by atoms with Crippen molar-refractivity contribution in [3.63, 3.8) is 0 Å². The highest BCUT2D eigenvalue weighted by Gasteiger charge is 2.72. The molecule has 4 fully saturated rings. The first-order valence-corrected chi connectivity index (χ1v) is 8.38. The van der Waals surface area contributed by atoms with Gasteiger partial charge in [-0.15, -0.1) is 0 Å². The van der Waals surface area contributed by atoms with E-state index in [9.17, 15) is 0 Å². The average Bonchev–Trinajstić information content (AvgIpc) is 2.82. The molecule has 104 valence electrons. The SMILES string of the molecule is c1cc2c3c(c1)OC1C4CCC5(CC4)C(C2)NCCC315. The van der Waals surface area contributed by atoms with Gasteiger partial charge in [0.25, 0.3) is 0 Å². The summed E-state index contributed by atoms with van der Waals surface area (Å²) in [5, 5.41) is 3.89. The summed E-state index contributed by atoms with van der Waals surface area (Å²) in [5.41, 5.74) is 4.10. The summed E-state index contributed by atoms with van der Waals surface area (Å²) in [7, 11) is 0. The molecule has 1 aromatic rings. The van der Waals surface area contributed by atoms with Crippen LogP contribution in [-0.4, -0.2) is 18.7 Å². The number of hydrogen-bond donors (Lipinski definition) is 1. The summed E-state index contributed by atoms with van der Waals surface area (Å²) in [6, 6.07) is 7.50. The van der Waals surface area contributed by atoms with Crippen LogP contribution in [0.2, 0.25) is 0 Å². The Morgan fingerprint density at radius 3 is 2.95 bits per heavy atom. The maximum absolute atomic E-state index is 6.58. The molecule has 7 rings (SSSR count). The molecule has 2 aliphatic heterocycles. The van der Waals surface area contributed by atoms with Crippen molar-refractivity contribution >= 4 is 0 Å². The molecule has 6 aliphatic rings. The zero-order valence-electron chi connectivity index (χ0n) is 11.8. The summed E-state index contributed by atoms with van der Waals surface area (Å²) >= 11 is 0. The molecule has 2 spiro atoms. The second-order valence-corrected chi connectivity index (χ2v) is 7.75. The van der Waals surface area contributed by atoms with Crippen LogP contribution in [0.5, 0.6) is 5.75 Å². The van der Waals surface area contributed by atoms with Crippen LogP contribution >= 0.6 is 0 Å². The van der Waals surface area contributed by atoms with Gasteiger partial charge in [0.2, 0.25) is 0 Å². The fourth-order valence-electron chi connectivity index (χ4n) is 6.97. The quantitative estimate of drug-likeness (QED) is 0.780. The molecule has 1 aromatic carbocycles. The van der Waals surface area contributed by atoms with Crippen molar-refractivity contribution in [1.82, 2.24) is 5.32 Å². The molecule has 3 saturated carbocycles. The number of piperidine rings is 1. The first-order chi connectivity index (χ1) is 9.85. The Hall–Kier alpha value is -1.02. The summed E-state index contributed by atoms with van der Waals surface area (Å²) in [6.45, 7) is 1.19. The smallest absolute Gasteiger partial charge is 0.123 e. The normalized spacial score (nSPS) is 49.7. The first-order valence-electron chi connectivity index (χ1n) is 8.38. The van der Waals surface area contributed by atoms with E-state index in [1.165, 1.54) is 50.8 Å². The Morgan fingerprint density at radius 2 is 2.05 bits per heavy atom. The van der Waals surface area contributed by atoms with Crippen molar-refractivity contribution < 1.29 is 4.74 Å². The molecule has 2 heteroatoms. The molecular formula is C18H21NO. The lowest BCUT2D eigenvalue weighted by atomic mass is 9.38. The molecule has 0 radical (unpaired) electrons. The van der Waals surface area contributed by atoms with Crippen molar-refractivity contribution in [1.29, 1.82) is 0 Å². The van der Waals surface area contributed by atoms with E-state index in [4.69, 9.17) is 4.74 Å². The van der Waals surface area contributed by atoms with Crippen molar-refractivity contribution in [3.05, 3.63) is 29.3 Å². The van der Waals surface area contributed by atoms with E-state index < -0.39 is 0 Å². The van der Waals surface area contributed by atoms with Gasteiger partial charge in [-0.25, -0.2) is 0 Å². The highest BCUT2D eigenvalue weighted by atomic mass is 16.5. The summed E-state index contributed by atoms with van der Waals surface area (Å²) in [5.74, 6) is 2.06. The second kappa shape index (κ2) is 3.09. The van der Waals surface area contributed by atoms with E-state index in [0.29, 0.717) is 23.0 Å². The van der Waals surface area contributed by atoms with Gasteiger partial charge in [0.1, 0.15) is 11.9 Å². The number of benzene rings is 1. The zero-order valence-corrected chi connectivity index (χ0v) is 11.8. The van der Waals surface area contributed by atoms with Crippen molar-refractivity contribution in [2.45, 2.75) is 56.1 Å². The lowest BCUT2D eigenvalue weighted by Gasteiger charge is -2.68.